The van der Waals surface area contributed by atoms with E-state index in [-0.39, 0.29) is 11.7 Å². The van der Waals surface area contributed by atoms with Crippen molar-refractivity contribution in [2.75, 3.05) is 5.75 Å². The fourth-order valence-electron chi connectivity index (χ4n) is 1.42. The molecule has 0 spiro atoms. The molecular formula is C13H24N2O3S. The molecular weight excluding hydrogens is 264 g/mol. The number of carbonyl (C=O) groups is 1. The van der Waals surface area contributed by atoms with Gasteiger partial charge in [-0.1, -0.05) is 19.9 Å². The van der Waals surface area contributed by atoms with Crippen LogP contribution in [0.5, 0.6) is 0 Å². The Morgan fingerprint density at radius 1 is 1.37 bits per heavy atom. The maximum atomic E-state index is 11.9. The summed E-state index contributed by atoms with van der Waals surface area (Å²) in [4.78, 5) is 11.5. The topological polar surface area (TPSA) is 89.3 Å². The predicted molar refractivity (Wildman–Crippen MR) is 78.2 cm³/mol. The SMILES string of the molecule is CC=C(C)C(=O)NC=CC(C(N)CC)S(=O)(=O)CC. The second kappa shape index (κ2) is 8.12. The normalized spacial score (nSPS) is 16.4. The van der Waals surface area contributed by atoms with Gasteiger partial charge in [0.2, 0.25) is 5.91 Å². The number of rotatable bonds is 7. The van der Waals surface area contributed by atoms with Gasteiger partial charge in [0.15, 0.2) is 9.84 Å². The van der Waals surface area contributed by atoms with Crippen molar-refractivity contribution in [2.45, 2.75) is 45.4 Å². The Morgan fingerprint density at radius 3 is 2.37 bits per heavy atom. The molecule has 2 atom stereocenters. The van der Waals surface area contributed by atoms with Gasteiger partial charge in [0.25, 0.3) is 0 Å². The summed E-state index contributed by atoms with van der Waals surface area (Å²) in [7, 11) is -3.27. The van der Waals surface area contributed by atoms with Crippen molar-refractivity contribution in [1.82, 2.24) is 5.32 Å². The van der Waals surface area contributed by atoms with Gasteiger partial charge in [0.05, 0.1) is 5.25 Å². The fourth-order valence-corrected chi connectivity index (χ4v) is 2.85. The first-order valence-corrected chi connectivity index (χ1v) is 8.09. The molecule has 0 aliphatic rings. The molecule has 0 aromatic carbocycles. The van der Waals surface area contributed by atoms with E-state index in [1.807, 2.05) is 6.92 Å². The molecule has 6 heteroatoms. The molecule has 1 amide bonds. The van der Waals surface area contributed by atoms with E-state index in [1.54, 1.807) is 26.8 Å². The highest BCUT2D eigenvalue weighted by molar-refractivity contribution is 7.92. The maximum Gasteiger partial charge on any atom is 0.250 e. The summed E-state index contributed by atoms with van der Waals surface area (Å²) in [6.07, 6.45) is 5.05. The summed E-state index contributed by atoms with van der Waals surface area (Å²) in [6.45, 7) is 6.86. The Kier molecular flexibility index (Phi) is 7.63. The van der Waals surface area contributed by atoms with Gasteiger partial charge in [-0.25, -0.2) is 8.42 Å². The van der Waals surface area contributed by atoms with E-state index in [9.17, 15) is 13.2 Å². The van der Waals surface area contributed by atoms with Crippen LogP contribution in [0.4, 0.5) is 0 Å². The first-order chi connectivity index (χ1) is 8.80. The maximum absolute atomic E-state index is 11.9. The number of hydrogen-bond donors (Lipinski definition) is 2. The van der Waals surface area contributed by atoms with Crippen molar-refractivity contribution in [3.63, 3.8) is 0 Å². The summed E-state index contributed by atoms with van der Waals surface area (Å²) in [5, 5.41) is 1.76. The summed E-state index contributed by atoms with van der Waals surface area (Å²) < 4.78 is 23.8. The zero-order valence-electron chi connectivity index (χ0n) is 12.0. The van der Waals surface area contributed by atoms with Crippen LogP contribution in [0, 0.1) is 0 Å². The van der Waals surface area contributed by atoms with Crippen LogP contribution in [0.3, 0.4) is 0 Å². The van der Waals surface area contributed by atoms with Crippen LogP contribution in [0.15, 0.2) is 23.9 Å². The number of allylic oxidation sites excluding steroid dienone is 1. The van der Waals surface area contributed by atoms with E-state index in [0.717, 1.165) is 0 Å². The Morgan fingerprint density at radius 2 is 1.95 bits per heavy atom. The van der Waals surface area contributed by atoms with Crippen LogP contribution < -0.4 is 11.1 Å². The molecule has 0 saturated carbocycles. The molecule has 110 valence electrons. The Labute approximate surface area is 115 Å². The third-order valence-electron chi connectivity index (χ3n) is 3.00. The highest BCUT2D eigenvalue weighted by Gasteiger charge is 2.26. The second-order valence-corrected chi connectivity index (χ2v) is 6.74. The molecule has 0 aromatic rings. The molecule has 19 heavy (non-hydrogen) atoms. The lowest BCUT2D eigenvalue weighted by Crippen LogP contribution is -2.39. The van der Waals surface area contributed by atoms with Crippen molar-refractivity contribution >= 4 is 15.7 Å². The first kappa shape index (κ1) is 17.9. The van der Waals surface area contributed by atoms with Crippen molar-refractivity contribution in [3.8, 4) is 0 Å². The van der Waals surface area contributed by atoms with Crippen molar-refractivity contribution in [1.29, 1.82) is 0 Å². The van der Waals surface area contributed by atoms with Gasteiger partial charge in [-0.3, -0.25) is 4.79 Å². The van der Waals surface area contributed by atoms with Crippen LogP contribution in [0.1, 0.15) is 34.1 Å². The van der Waals surface area contributed by atoms with E-state index in [4.69, 9.17) is 5.73 Å². The van der Waals surface area contributed by atoms with Gasteiger partial charge < -0.3 is 11.1 Å². The zero-order chi connectivity index (χ0) is 15.1. The lowest BCUT2D eigenvalue weighted by Gasteiger charge is -2.19. The van der Waals surface area contributed by atoms with E-state index in [2.05, 4.69) is 5.32 Å². The summed E-state index contributed by atoms with van der Waals surface area (Å²) >= 11 is 0. The number of carbonyl (C=O) groups excluding carboxylic acids is 1. The number of sulfone groups is 1. The number of hydrogen-bond acceptors (Lipinski definition) is 4. The van der Waals surface area contributed by atoms with Crippen molar-refractivity contribution < 1.29 is 13.2 Å². The van der Waals surface area contributed by atoms with Crippen LogP contribution in [0.25, 0.3) is 0 Å². The average Bonchev–Trinajstić information content (AvgIpc) is 2.41. The molecule has 5 nitrogen and oxygen atoms in total. The standard InChI is InChI=1S/C13H24N2O3S/c1-5-10(4)13(16)15-9-8-12(11(14)6-2)19(17,18)7-3/h5,8-9,11-12H,6-7,14H2,1-4H3,(H,15,16). The Hall–Kier alpha value is -1.14. The molecule has 3 N–H and O–H groups in total. The molecule has 0 bridgehead atoms. The zero-order valence-corrected chi connectivity index (χ0v) is 12.8. The van der Waals surface area contributed by atoms with Gasteiger partial charge >= 0.3 is 0 Å². The largest absolute Gasteiger partial charge is 0.329 e. The minimum Gasteiger partial charge on any atom is -0.329 e. The quantitative estimate of drug-likeness (QED) is 0.687. The molecule has 0 aromatic heterocycles. The Bertz CT molecular complexity index is 453. The lowest BCUT2D eigenvalue weighted by atomic mass is 10.1. The van der Waals surface area contributed by atoms with Gasteiger partial charge in [0.1, 0.15) is 0 Å². The molecule has 0 aliphatic carbocycles. The minimum absolute atomic E-state index is 0.0253. The number of nitrogens with one attached hydrogen (secondary N) is 1. The van der Waals surface area contributed by atoms with E-state index in [1.165, 1.54) is 12.3 Å². The first-order valence-electron chi connectivity index (χ1n) is 6.37. The van der Waals surface area contributed by atoms with Gasteiger partial charge in [-0.2, -0.15) is 0 Å². The third-order valence-corrected chi connectivity index (χ3v) is 5.14. The monoisotopic (exact) mass is 288 g/mol. The minimum atomic E-state index is -3.27. The van der Waals surface area contributed by atoms with Crippen molar-refractivity contribution in [2.24, 2.45) is 5.73 Å². The molecule has 0 radical (unpaired) electrons. The molecule has 0 heterocycles. The lowest BCUT2D eigenvalue weighted by molar-refractivity contribution is -0.116. The van der Waals surface area contributed by atoms with Gasteiger partial charge in [-0.15, -0.1) is 0 Å². The highest BCUT2D eigenvalue weighted by atomic mass is 32.2. The van der Waals surface area contributed by atoms with Crippen molar-refractivity contribution in [3.05, 3.63) is 23.9 Å². The van der Waals surface area contributed by atoms with Crippen LogP contribution >= 0.6 is 0 Å². The predicted octanol–water partition coefficient (Wildman–Crippen LogP) is 1.12. The Balaban J connectivity index is 4.91. The molecule has 2 unspecified atom stereocenters. The number of nitrogens with two attached hydrogens (primary N) is 1. The molecule has 0 fully saturated rings. The van der Waals surface area contributed by atoms with Gasteiger partial charge in [0, 0.05) is 23.6 Å². The van der Waals surface area contributed by atoms with E-state index in [0.29, 0.717) is 12.0 Å². The number of amides is 1. The summed E-state index contributed by atoms with van der Waals surface area (Å²) in [6, 6.07) is -0.471. The van der Waals surface area contributed by atoms with E-state index < -0.39 is 21.1 Å². The van der Waals surface area contributed by atoms with E-state index >= 15 is 0 Å². The summed E-state index contributed by atoms with van der Waals surface area (Å²) in [5.41, 5.74) is 6.40. The average molecular weight is 288 g/mol. The fraction of sp³-hybridized carbons (Fsp3) is 0.615. The highest BCUT2D eigenvalue weighted by Crippen LogP contribution is 2.10. The smallest absolute Gasteiger partial charge is 0.250 e. The van der Waals surface area contributed by atoms with Gasteiger partial charge in [-0.05, 0) is 26.3 Å². The molecule has 0 rings (SSSR count). The second-order valence-electron chi connectivity index (χ2n) is 4.29. The van der Waals surface area contributed by atoms with Crippen LogP contribution in [-0.4, -0.2) is 31.4 Å². The van der Waals surface area contributed by atoms with Crippen LogP contribution in [-0.2, 0) is 14.6 Å². The molecule has 0 aliphatic heterocycles. The molecule has 0 saturated heterocycles. The third kappa shape index (κ3) is 5.57. The van der Waals surface area contributed by atoms with Crippen LogP contribution in [0.2, 0.25) is 0 Å². The summed E-state index contributed by atoms with van der Waals surface area (Å²) in [5.74, 6) is -0.228.